The van der Waals surface area contributed by atoms with Crippen LogP contribution in [0.5, 0.6) is 5.75 Å². The predicted octanol–water partition coefficient (Wildman–Crippen LogP) is 4.74. The molecule has 0 bridgehead atoms. The number of nitrogens with one attached hydrogen (secondary N) is 1. The first-order valence-electron chi connectivity index (χ1n) is 9.37. The number of aryl methyl sites for hydroxylation is 1. The zero-order valence-corrected chi connectivity index (χ0v) is 16.6. The lowest BCUT2D eigenvalue weighted by Crippen LogP contribution is -2.52. The van der Waals surface area contributed by atoms with Crippen molar-refractivity contribution in [2.45, 2.75) is 20.0 Å². The molecule has 4 rings (SSSR count). The van der Waals surface area contributed by atoms with Crippen LogP contribution in [0.4, 0.5) is 10.5 Å². The Kier molecular flexibility index (Phi) is 5.58. The maximum Gasteiger partial charge on any atom is 0.321 e. The number of hydrogen-bond donors (Lipinski definition) is 1. The van der Waals surface area contributed by atoms with Crippen molar-refractivity contribution in [1.82, 2.24) is 9.88 Å². The largest absolute Gasteiger partial charge is 0.487 e. The van der Waals surface area contributed by atoms with Gasteiger partial charge in [-0.3, -0.25) is 0 Å². The van der Waals surface area contributed by atoms with Crippen LogP contribution in [0.2, 0.25) is 0 Å². The number of rotatable bonds is 6. The normalized spacial score (nSPS) is 13.8. The molecular formula is C22H23N3O2S. The van der Waals surface area contributed by atoms with Crippen LogP contribution in [0, 0.1) is 12.8 Å². The van der Waals surface area contributed by atoms with E-state index < -0.39 is 0 Å². The van der Waals surface area contributed by atoms with Gasteiger partial charge in [0, 0.05) is 30.2 Å². The van der Waals surface area contributed by atoms with Gasteiger partial charge in [-0.05, 0) is 37.0 Å². The van der Waals surface area contributed by atoms with Crippen molar-refractivity contribution in [3.05, 3.63) is 76.2 Å². The van der Waals surface area contributed by atoms with Gasteiger partial charge in [-0.25, -0.2) is 9.78 Å². The molecule has 6 heteroatoms. The molecule has 0 aliphatic carbocycles. The van der Waals surface area contributed by atoms with Gasteiger partial charge in [0.2, 0.25) is 0 Å². The lowest BCUT2D eigenvalue weighted by atomic mass is 9.92. The highest BCUT2D eigenvalue weighted by Crippen LogP contribution is 2.23. The van der Waals surface area contributed by atoms with E-state index in [0.29, 0.717) is 18.3 Å². The van der Waals surface area contributed by atoms with E-state index in [2.05, 4.69) is 41.5 Å². The Morgan fingerprint density at radius 1 is 1.25 bits per heavy atom. The number of anilines is 1. The highest BCUT2D eigenvalue weighted by Gasteiger charge is 2.30. The number of amides is 2. The van der Waals surface area contributed by atoms with Crippen molar-refractivity contribution in [1.29, 1.82) is 0 Å². The summed E-state index contributed by atoms with van der Waals surface area (Å²) < 4.78 is 5.74. The number of carbonyl (C=O) groups excluding carboxylic acids is 1. The van der Waals surface area contributed by atoms with E-state index in [1.54, 1.807) is 16.8 Å². The van der Waals surface area contributed by atoms with E-state index in [1.165, 1.54) is 11.1 Å². The molecule has 1 aliphatic rings. The molecular weight excluding hydrogens is 370 g/mol. The molecule has 28 heavy (non-hydrogen) atoms. The third-order valence-corrected chi connectivity index (χ3v) is 5.48. The minimum Gasteiger partial charge on any atom is -0.487 e. The van der Waals surface area contributed by atoms with E-state index >= 15 is 0 Å². The first-order chi connectivity index (χ1) is 13.7. The van der Waals surface area contributed by atoms with Gasteiger partial charge in [0.1, 0.15) is 12.4 Å². The lowest BCUT2D eigenvalue weighted by molar-refractivity contribution is 0.131. The van der Waals surface area contributed by atoms with Gasteiger partial charge >= 0.3 is 6.03 Å². The second-order valence-corrected chi connectivity index (χ2v) is 7.91. The highest BCUT2D eigenvalue weighted by atomic mass is 32.1. The van der Waals surface area contributed by atoms with E-state index in [9.17, 15) is 4.79 Å². The number of thiazole rings is 1. The second-order valence-electron chi connectivity index (χ2n) is 7.19. The van der Waals surface area contributed by atoms with E-state index in [4.69, 9.17) is 4.74 Å². The minimum atomic E-state index is -0.0585. The molecule has 0 unspecified atom stereocenters. The SMILES string of the molecule is Cc1ccc(CC2CN(C(=O)Nc3cccc(OCc4cscn4)c3)C2)cc1. The maximum atomic E-state index is 12.5. The van der Waals surface area contributed by atoms with Crippen molar-refractivity contribution in [3.8, 4) is 5.75 Å². The number of benzene rings is 2. The number of ether oxygens (including phenoxy) is 1. The van der Waals surface area contributed by atoms with Crippen LogP contribution in [0.25, 0.3) is 0 Å². The molecule has 1 saturated heterocycles. The van der Waals surface area contributed by atoms with Crippen LogP contribution >= 0.6 is 11.3 Å². The van der Waals surface area contributed by atoms with E-state index in [0.717, 1.165) is 30.9 Å². The Bertz CT molecular complexity index is 919. The van der Waals surface area contributed by atoms with Gasteiger partial charge < -0.3 is 15.0 Å². The van der Waals surface area contributed by atoms with Gasteiger partial charge in [0.05, 0.1) is 11.2 Å². The maximum absolute atomic E-state index is 12.5. The van der Waals surface area contributed by atoms with Gasteiger partial charge in [-0.15, -0.1) is 11.3 Å². The Balaban J connectivity index is 1.25. The zero-order valence-electron chi connectivity index (χ0n) is 15.8. The number of urea groups is 1. The zero-order chi connectivity index (χ0) is 19.3. The van der Waals surface area contributed by atoms with Gasteiger partial charge in [-0.1, -0.05) is 35.9 Å². The topological polar surface area (TPSA) is 54.5 Å². The van der Waals surface area contributed by atoms with Gasteiger partial charge in [0.15, 0.2) is 0 Å². The molecule has 144 valence electrons. The first-order valence-corrected chi connectivity index (χ1v) is 10.3. The number of nitrogens with zero attached hydrogens (tertiary/aromatic N) is 2. The average Bonchev–Trinajstić information content (AvgIpc) is 3.18. The van der Waals surface area contributed by atoms with Crippen molar-refractivity contribution < 1.29 is 9.53 Å². The number of aromatic nitrogens is 1. The van der Waals surface area contributed by atoms with Crippen molar-refractivity contribution >= 4 is 23.1 Å². The molecule has 1 fully saturated rings. The van der Waals surface area contributed by atoms with Crippen molar-refractivity contribution in [2.75, 3.05) is 18.4 Å². The van der Waals surface area contributed by atoms with Crippen LogP contribution in [0.1, 0.15) is 16.8 Å². The van der Waals surface area contributed by atoms with Gasteiger partial charge in [0.25, 0.3) is 0 Å². The van der Waals surface area contributed by atoms with Crippen LogP contribution in [-0.4, -0.2) is 29.0 Å². The smallest absolute Gasteiger partial charge is 0.321 e. The summed E-state index contributed by atoms with van der Waals surface area (Å²) in [4.78, 5) is 18.5. The first kappa shape index (κ1) is 18.5. The third kappa shape index (κ3) is 4.70. The molecule has 2 aromatic carbocycles. The quantitative estimate of drug-likeness (QED) is 0.658. The Labute approximate surface area is 169 Å². The molecule has 3 aromatic rings. The molecule has 5 nitrogen and oxygen atoms in total. The van der Waals surface area contributed by atoms with E-state index in [-0.39, 0.29) is 6.03 Å². The summed E-state index contributed by atoms with van der Waals surface area (Å²) in [5.41, 5.74) is 6.04. The lowest BCUT2D eigenvalue weighted by Gasteiger charge is -2.39. The highest BCUT2D eigenvalue weighted by molar-refractivity contribution is 7.07. The molecule has 2 heterocycles. The summed E-state index contributed by atoms with van der Waals surface area (Å²) in [6, 6.07) is 16.0. The van der Waals surface area contributed by atoms with Crippen LogP contribution in [-0.2, 0) is 13.0 Å². The predicted molar refractivity (Wildman–Crippen MR) is 112 cm³/mol. The number of likely N-dealkylation sites (tertiary alicyclic amines) is 1. The summed E-state index contributed by atoms with van der Waals surface area (Å²) >= 11 is 1.55. The Hall–Kier alpha value is -2.86. The molecule has 0 atom stereocenters. The summed E-state index contributed by atoms with van der Waals surface area (Å²) in [5.74, 6) is 1.24. The standard InChI is InChI=1S/C22H23N3O2S/c1-16-5-7-17(8-6-16)9-18-11-25(12-18)22(26)24-19-3-2-4-21(10-19)27-13-20-14-28-15-23-20/h2-8,10,14-15,18H,9,11-13H2,1H3,(H,24,26). The molecule has 0 saturated carbocycles. The van der Waals surface area contributed by atoms with Crippen LogP contribution in [0.3, 0.4) is 0 Å². The Morgan fingerprint density at radius 3 is 2.82 bits per heavy atom. The molecule has 1 aromatic heterocycles. The fraction of sp³-hybridized carbons (Fsp3) is 0.273. The summed E-state index contributed by atoms with van der Waals surface area (Å²) in [6.07, 6.45) is 1.02. The number of hydrogen-bond acceptors (Lipinski definition) is 4. The molecule has 2 amide bonds. The number of carbonyl (C=O) groups is 1. The molecule has 0 spiro atoms. The van der Waals surface area contributed by atoms with Crippen molar-refractivity contribution in [3.63, 3.8) is 0 Å². The summed E-state index contributed by atoms with van der Waals surface area (Å²) in [6.45, 7) is 4.10. The van der Waals surface area contributed by atoms with Crippen LogP contribution < -0.4 is 10.1 Å². The van der Waals surface area contributed by atoms with E-state index in [1.807, 2.05) is 34.5 Å². The average molecular weight is 394 g/mol. The third-order valence-electron chi connectivity index (χ3n) is 4.84. The minimum absolute atomic E-state index is 0.0585. The van der Waals surface area contributed by atoms with Crippen LogP contribution in [0.15, 0.2) is 59.4 Å². The van der Waals surface area contributed by atoms with Gasteiger partial charge in [-0.2, -0.15) is 0 Å². The monoisotopic (exact) mass is 393 g/mol. The molecule has 1 aliphatic heterocycles. The summed E-state index contributed by atoms with van der Waals surface area (Å²) in [5, 5.41) is 4.92. The summed E-state index contributed by atoms with van der Waals surface area (Å²) in [7, 11) is 0. The second kappa shape index (κ2) is 8.44. The molecule has 0 radical (unpaired) electrons. The fourth-order valence-corrected chi connectivity index (χ4v) is 3.80. The van der Waals surface area contributed by atoms with Crippen molar-refractivity contribution in [2.24, 2.45) is 5.92 Å². The Morgan fingerprint density at radius 2 is 2.07 bits per heavy atom. The molecule has 1 N–H and O–H groups in total. The fourth-order valence-electron chi connectivity index (χ4n) is 3.25.